The molecule has 0 aliphatic heterocycles. The molecule has 0 spiro atoms. The molecule has 5 nitrogen and oxygen atoms in total. The highest BCUT2D eigenvalue weighted by molar-refractivity contribution is 5.78. The van der Waals surface area contributed by atoms with Crippen molar-refractivity contribution in [1.82, 2.24) is 9.97 Å². The van der Waals surface area contributed by atoms with Crippen LogP contribution in [0.15, 0.2) is 12.4 Å². The minimum atomic E-state index is -0.492. The number of aromatic nitrogens is 2. The van der Waals surface area contributed by atoms with Gasteiger partial charge in [0.1, 0.15) is 0 Å². The Bertz CT molecular complexity index is 430. The Kier molecular flexibility index (Phi) is 4.29. The van der Waals surface area contributed by atoms with Crippen molar-refractivity contribution < 1.29 is 13.9 Å². The van der Waals surface area contributed by atoms with E-state index in [4.69, 9.17) is 4.74 Å². The monoisotopic (exact) mass is 267 g/mol. The molecule has 6 heteroatoms. The van der Waals surface area contributed by atoms with E-state index in [1.807, 2.05) is 0 Å². The van der Waals surface area contributed by atoms with Crippen molar-refractivity contribution in [2.75, 3.05) is 18.5 Å². The molecule has 104 valence electrons. The second-order valence-electron chi connectivity index (χ2n) is 4.79. The van der Waals surface area contributed by atoms with Crippen molar-refractivity contribution in [3.63, 3.8) is 0 Å². The molecule has 1 aliphatic rings. The van der Waals surface area contributed by atoms with Crippen LogP contribution in [0.25, 0.3) is 0 Å². The van der Waals surface area contributed by atoms with Crippen LogP contribution in [0.5, 0.6) is 0 Å². The first-order valence-electron chi connectivity index (χ1n) is 6.55. The van der Waals surface area contributed by atoms with E-state index in [2.05, 4.69) is 15.3 Å². The number of hydrogen-bond acceptors (Lipinski definition) is 5. The molecular formula is C13H18FN3O2. The number of carbonyl (C=O) groups excluding carboxylic acids is 1. The largest absolute Gasteiger partial charge is 0.466 e. The normalized spacial score (nSPS) is 17.2. The fourth-order valence-corrected chi connectivity index (χ4v) is 2.44. The summed E-state index contributed by atoms with van der Waals surface area (Å²) >= 11 is 0. The number of ether oxygens (including phenoxy) is 1. The average molecular weight is 267 g/mol. The summed E-state index contributed by atoms with van der Waals surface area (Å²) in [5, 5.41) is 3.00. The molecule has 1 fully saturated rings. The first-order chi connectivity index (χ1) is 9.16. The van der Waals surface area contributed by atoms with Gasteiger partial charge in [0.05, 0.1) is 24.4 Å². The predicted octanol–water partition coefficient (Wildman–Crippen LogP) is 2.15. The molecule has 1 aliphatic carbocycles. The Balaban J connectivity index is 2.01. The van der Waals surface area contributed by atoms with E-state index in [0.29, 0.717) is 19.1 Å². The predicted molar refractivity (Wildman–Crippen MR) is 68.0 cm³/mol. The van der Waals surface area contributed by atoms with E-state index >= 15 is 0 Å². The van der Waals surface area contributed by atoms with Gasteiger partial charge in [0.2, 0.25) is 5.95 Å². The minimum Gasteiger partial charge on any atom is -0.466 e. The number of carbonyl (C=O) groups is 1. The summed E-state index contributed by atoms with van der Waals surface area (Å²) < 4.78 is 17.9. The Morgan fingerprint density at radius 2 is 2.05 bits per heavy atom. The van der Waals surface area contributed by atoms with Crippen LogP contribution in [0.4, 0.5) is 10.3 Å². The van der Waals surface area contributed by atoms with Crippen molar-refractivity contribution in [2.24, 2.45) is 5.41 Å². The quantitative estimate of drug-likeness (QED) is 0.828. The summed E-state index contributed by atoms with van der Waals surface area (Å²) in [6.07, 6.45) is 5.84. The van der Waals surface area contributed by atoms with Crippen LogP contribution in [0.3, 0.4) is 0 Å². The maximum atomic E-state index is 12.7. The molecule has 1 aromatic rings. The molecule has 0 radical (unpaired) electrons. The summed E-state index contributed by atoms with van der Waals surface area (Å²) in [7, 11) is 0. The van der Waals surface area contributed by atoms with E-state index in [-0.39, 0.29) is 5.97 Å². The number of hydrogen-bond donors (Lipinski definition) is 1. The molecule has 0 unspecified atom stereocenters. The van der Waals surface area contributed by atoms with Crippen LogP contribution in [-0.2, 0) is 9.53 Å². The zero-order valence-electron chi connectivity index (χ0n) is 11.0. The molecule has 1 N–H and O–H groups in total. The van der Waals surface area contributed by atoms with Gasteiger partial charge in [0.15, 0.2) is 5.82 Å². The lowest BCUT2D eigenvalue weighted by Crippen LogP contribution is -2.37. The van der Waals surface area contributed by atoms with Crippen molar-refractivity contribution >= 4 is 11.9 Å². The fourth-order valence-electron chi connectivity index (χ4n) is 2.44. The minimum absolute atomic E-state index is 0.165. The number of nitrogens with zero attached hydrogens (tertiary/aromatic N) is 2. The van der Waals surface area contributed by atoms with Crippen LogP contribution in [0.2, 0.25) is 0 Å². The molecule has 0 saturated heterocycles. The third kappa shape index (κ3) is 3.19. The summed E-state index contributed by atoms with van der Waals surface area (Å²) in [6, 6.07) is 0. The van der Waals surface area contributed by atoms with Gasteiger partial charge in [-0.25, -0.2) is 14.4 Å². The Morgan fingerprint density at radius 1 is 1.42 bits per heavy atom. The first kappa shape index (κ1) is 13.7. The maximum absolute atomic E-state index is 12.7. The second-order valence-corrected chi connectivity index (χ2v) is 4.79. The van der Waals surface area contributed by atoms with E-state index in [1.54, 1.807) is 6.92 Å². The molecule has 19 heavy (non-hydrogen) atoms. The molecule has 1 saturated carbocycles. The van der Waals surface area contributed by atoms with Gasteiger partial charge < -0.3 is 10.1 Å². The van der Waals surface area contributed by atoms with Gasteiger partial charge in [-0.05, 0) is 19.8 Å². The Labute approximate surface area is 111 Å². The van der Waals surface area contributed by atoms with Gasteiger partial charge in [0.25, 0.3) is 0 Å². The van der Waals surface area contributed by atoms with E-state index in [9.17, 15) is 9.18 Å². The maximum Gasteiger partial charge on any atom is 0.313 e. The Hall–Kier alpha value is -1.72. The lowest BCUT2D eigenvalue weighted by Gasteiger charge is -2.26. The van der Waals surface area contributed by atoms with Crippen LogP contribution >= 0.6 is 0 Å². The van der Waals surface area contributed by atoms with E-state index < -0.39 is 11.2 Å². The SMILES string of the molecule is CCOC(=O)C1(CNc2ncc(F)cn2)CCCC1. The van der Waals surface area contributed by atoms with Gasteiger partial charge in [-0.2, -0.15) is 0 Å². The highest BCUT2D eigenvalue weighted by atomic mass is 19.1. The smallest absolute Gasteiger partial charge is 0.313 e. The highest BCUT2D eigenvalue weighted by Crippen LogP contribution is 2.39. The van der Waals surface area contributed by atoms with E-state index in [0.717, 1.165) is 38.1 Å². The standard InChI is InChI=1S/C13H18FN3O2/c1-2-19-11(18)13(5-3-4-6-13)9-17-12-15-7-10(14)8-16-12/h7-8H,2-6,9H2,1H3,(H,15,16,17). The zero-order chi connectivity index (χ0) is 13.7. The lowest BCUT2D eigenvalue weighted by atomic mass is 9.86. The molecule has 2 rings (SSSR count). The molecular weight excluding hydrogens is 249 g/mol. The van der Waals surface area contributed by atoms with Gasteiger partial charge in [-0.3, -0.25) is 4.79 Å². The number of halogens is 1. The number of rotatable bonds is 5. The molecule has 1 aromatic heterocycles. The topological polar surface area (TPSA) is 64.1 Å². The number of nitrogens with one attached hydrogen (secondary N) is 1. The lowest BCUT2D eigenvalue weighted by molar-refractivity contribution is -0.154. The zero-order valence-corrected chi connectivity index (χ0v) is 11.0. The first-order valence-corrected chi connectivity index (χ1v) is 6.55. The molecule has 1 heterocycles. The van der Waals surface area contributed by atoms with Gasteiger partial charge >= 0.3 is 5.97 Å². The van der Waals surface area contributed by atoms with Crippen LogP contribution in [-0.4, -0.2) is 29.1 Å². The third-order valence-electron chi connectivity index (χ3n) is 3.47. The highest BCUT2D eigenvalue weighted by Gasteiger charge is 2.42. The number of anilines is 1. The van der Waals surface area contributed by atoms with Crippen molar-refractivity contribution in [2.45, 2.75) is 32.6 Å². The van der Waals surface area contributed by atoms with Crippen LogP contribution in [0, 0.1) is 11.2 Å². The molecule has 0 atom stereocenters. The van der Waals surface area contributed by atoms with Crippen LogP contribution < -0.4 is 5.32 Å². The third-order valence-corrected chi connectivity index (χ3v) is 3.47. The average Bonchev–Trinajstić information content (AvgIpc) is 2.88. The van der Waals surface area contributed by atoms with Crippen molar-refractivity contribution in [3.8, 4) is 0 Å². The van der Waals surface area contributed by atoms with Gasteiger partial charge in [-0.15, -0.1) is 0 Å². The van der Waals surface area contributed by atoms with Gasteiger partial charge in [0, 0.05) is 6.54 Å². The van der Waals surface area contributed by atoms with Crippen molar-refractivity contribution in [1.29, 1.82) is 0 Å². The van der Waals surface area contributed by atoms with E-state index in [1.165, 1.54) is 0 Å². The number of esters is 1. The van der Waals surface area contributed by atoms with Crippen LogP contribution in [0.1, 0.15) is 32.6 Å². The van der Waals surface area contributed by atoms with Gasteiger partial charge in [-0.1, -0.05) is 12.8 Å². The molecule has 0 bridgehead atoms. The Morgan fingerprint density at radius 3 is 2.63 bits per heavy atom. The summed E-state index contributed by atoms with van der Waals surface area (Å²) in [5.74, 6) is -0.314. The molecule has 0 amide bonds. The van der Waals surface area contributed by atoms with Crippen molar-refractivity contribution in [3.05, 3.63) is 18.2 Å². The summed E-state index contributed by atoms with van der Waals surface area (Å²) in [5.41, 5.74) is -0.492. The second kappa shape index (κ2) is 5.95. The summed E-state index contributed by atoms with van der Waals surface area (Å²) in [6.45, 7) is 2.61. The fraction of sp³-hybridized carbons (Fsp3) is 0.615. The summed E-state index contributed by atoms with van der Waals surface area (Å²) in [4.78, 5) is 19.7. The molecule has 0 aromatic carbocycles.